The van der Waals surface area contributed by atoms with E-state index in [1.165, 1.54) is 6.07 Å². The Kier molecular flexibility index (Phi) is 12.1. The number of aryl methyl sites for hydroxylation is 1. The molecule has 12 heteroatoms. The molecule has 5 heterocycles. The molecule has 0 unspecified atom stereocenters. The summed E-state index contributed by atoms with van der Waals surface area (Å²) in [4.78, 5) is 36.7. The van der Waals surface area contributed by atoms with Crippen molar-refractivity contribution in [1.82, 2.24) is 20.2 Å². The lowest BCUT2D eigenvalue weighted by molar-refractivity contribution is 0.0838. The first-order valence-electron chi connectivity index (χ1n) is 21.5. The van der Waals surface area contributed by atoms with Gasteiger partial charge in [0.15, 0.2) is 19.8 Å². The van der Waals surface area contributed by atoms with Crippen LogP contribution in [0.25, 0.3) is 39.2 Å². The molecule has 318 valence electrons. The summed E-state index contributed by atoms with van der Waals surface area (Å²) in [6.45, 7) is 15.0. The average molecular weight is 840 g/mol. The van der Waals surface area contributed by atoms with E-state index < -0.39 is 14.4 Å². The van der Waals surface area contributed by atoms with E-state index in [0.29, 0.717) is 43.3 Å². The number of hydrogen-bond acceptors (Lipinski definition) is 8. The number of allylic oxidation sites excluding steroid dienone is 1. The van der Waals surface area contributed by atoms with E-state index in [1.54, 1.807) is 17.0 Å². The van der Waals surface area contributed by atoms with E-state index in [4.69, 9.17) is 13.8 Å². The molecule has 0 radical (unpaired) electrons. The van der Waals surface area contributed by atoms with Gasteiger partial charge in [-0.25, -0.2) is 9.78 Å². The van der Waals surface area contributed by atoms with Crippen LogP contribution in [0.4, 0.5) is 10.5 Å². The Morgan fingerprint density at radius 1 is 1.05 bits per heavy atom. The molecule has 1 amide bonds. The van der Waals surface area contributed by atoms with Crippen LogP contribution in [0.1, 0.15) is 68.7 Å². The topological polar surface area (TPSA) is 144 Å². The van der Waals surface area contributed by atoms with Crippen molar-refractivity contribution in [3.63, 3.8) is 0 Å². The molecule has 3 aliphatic rings. The molecule has 2 aromatic heterocycles. The number of oxazole rings is 1. The molecule has 4 aromatic carbocycles. The number of aromatic hydroxyl groups is 1. The van der Waals surface area contributed by atoms with Crippen molar-refractivity contribution in [2.24, 2.45) is 5.92 Å². The lowest BCUT2D eigenvalue weighted by atomic mass is 9.82. The van der Waals surface area contributed by atoms with Gasteiger partial charge >= 0.3 is 6.09 Å². The number of phenolic OH excluding ortho intramolecular Hbond substituents is 1. The highest BCUT2D eigenvalue weighted by Crippen LogP contribution is 2.42. The number of nitrogens with one attached hydrogen (secondary N) is 2. The zero-order valence-corrected chi connectivity index (χ0v) is 36.8. The maximum absolute atomic E-state index is 13.0. The second-order valence-electron chi connectivity index (χ2n) is 18.1. The quantitative estimate of drug-likeness (QED) is 0.0788. The van der Waals surface area contributed by atoms with Gasteiger partial charge in [0.05, 0.1) is 23.3 Å². The van der Waals surface area contributed by atoms with Gasteiger partial charge in [-0.2, -0.15) is 0 Å². The number of nitrogens with zero attached hydrogens (tertiary/aromatic N) is 3. The summed E-state index contributed by atoms with van der Waals surface area (Å²) >= 11 is 0. The highest BCUT2D eigenvalue weighted by Gasteiger charge is 2.41. The minimum Gasteiger partial charge on any atom is -0.506 e. The smallest absolute Gasteiger partial charge is 0.412 e. The number of rotatable bonds is 14. The molecule has 2 atom stereocenters. The molecule has 11 nitrogen and oxygen atoms in total. The fourth-order valence-corrected chi connectivity index (χ4v) is 9.93. The molecule has 4 N–H and O–H groups in total. The molecule has 3 fully saturated rings. The third-order valence-electron chi connectivity index (χ3n) is 13.0. The van der Waals surface area contributed by atoms with Gasteiger partial charge < -0.3 is 34.3 Å². The summed E-state index contributed by atoms with van der Waals surface area (Å²) in [5.74, 6) is 1.04. The number of aromatic nitrogens is 2. The van der Waals surface area contributed by atoms with Crippen LogP contribution in [0.3, 0.4) is 0 Å². The summed E-state index contributed by atoms with van der Waals surface area (Å²) in [6, 6.07) is 28.9. The van der Waals surface area contributed by atoms with Crippen molar-refractivity contribution in [2.75, 3.05) is 31.1 Å². The van der Waals surface area contributed by atoms with Crippen molar-refractivity contribution in [3.05, 3.63) is 130 Å². The van der Waals surface area contributed by atoms with Crippen LogP contribution in [-0.2, 0) is 17.4 Å². The van der Waals surface area contributed by atoms with E-state index in [2.05, 4.69) is 79.4 Å². The lowest BCUT2D eigenvalue weighted by Gasteiger charge is -2.48. The van der Waals surface area contributed by atoms with E-state index in [9.17, 15) is 19.8 Å². The lowest BCUT2D eigenvalue weighted by Crippen LogP contribution is -2.59. The normalized spacial score (nSPS) is 18.6. The molecule has 0 aliphatic carbocycles. The number of fused-ring (bicyclic) bond motifs is 5. The highest BCUT2D eigenvalue weighted by atomic mass is 28.4. The number of H-pyrrole nitrogens is 1. The SMILES string of the molecule is CC(C)(C)[Si](C)(C)O[C@H](CNCc1ccc2nc(CC/C=C/c3ccc(-c4ccccc4)c(N(C(=O)O)[C@H]4CN5CCC4CC5)c3)oc2c1)c1ccc(O)c2[nH]c(=O)ccc12. The largest absolute Gasteiger partial charge is 0.506 e. The number of anilines is 1. The Morgan fingerprint density at radius 2 is 1.84 bits per heavy atom. The third-order valence-corrected chi connectivity index (χ3v) is 17.5. The minimum atomic E-state index is -2.22. The number of benzene rings is 4. The number of amides is 1. The minimum absolute atomic E-state index is 0.0225. The van der Waals surface area contributed by atoms with Gasteiger partial charge in [0.2, 0.25) is 5.56 Å². The van der Waals surface area contributed by atoms with Crippen molar-refractivity contribution in [3.8, 4) is 16.9 Å². The maximum atomic E-state index is 13.0. The Labute approximate surface area is 358 Å². The zero-order valence-electron chi connectivity index (χ0n) is 35.8. The van der Waals surface area contributed by atoms with Crippen LogP contribution in [-0.4, -0.2) is 71.7 Å². The van der Waals surface area contributed by atoms with Gasteiger partial charge in [-0.15, -0.1) is 0 Å². The maximum Gasteiger partial charge on any atom is 0.412 e. The first kappa shape index (κ1) is 42.2. The van der Waals surface area contributed by atoms with Gasteiger partial charge in [-0.1, -0.05) is 87.5 Å². The molecule has 61 heavy (non-hydrogen) atoms. The van der Waals surface area contributed by atoms with Crippen molar-refractivity contribution in [1.29, 1.82) is 0 Å². The van der Waals surface area contributed by atoms with E-state index in [1.807, 2.05) is 54.6 Å². The molecular weight excluding hydrogens is 783 g/mol. The van der Waals surface area contributed by atoms with Crippen LogP contribution in [0.2, 0.25) is 18.1 Å². The van der Waals surface area contributed by atoms with Crippen molar-refractivity contribution >= 4 is 48.2 Å². The molecular formula is C49H57N5O6Si. The second kappa shape index (κ2) is 17.4. The van der Waals surface area contributed by atoms with Gasteiger partial charge in [-0.3, -0.25) is 9.69 Å². The first-order chi connectivity index (χ1) is 29.2. The van der Waals surface area contributed by atoms with Crippen LogP contribution in [0.5, 0.6) is 5.75 Å². The standard InChI is InChI=1S/C49H57N5O6Si/c1-49(2,3)61(4,5)60-44(37-18-21-42(55)47-38(37)19-22-45(56)52-47)30-50-29-33-16-20-39-43(28-33)59-46(51-39)14-10-9-11-32-15-17-36(34-12-7-6-8-13-34)40(27-32)54(48(57)58)41-31-53-25-23-35(41)24-26-53/h6-9,11-13,15-22,27-28,35,41,44,50,55H,10,14,23-26,29-31H2,1-5H3,(H,52,56)(H,57,58)/b11-9+/t41-,44+/m0/s1. The number of carbonyl (C=O) groups is 1. The van der Waals surface area contributed by atoms with Gasteiger partial charge in [-0.05, 0) is 109 Å². The number of aromatic amines is 1. The fraction of sp³-hybridized carbons (Fsp3) is 0.367. The number of pyridine rings is 1. The van der Waals surface area contributed by atoms with Crippen LogP contribution >= 0.6 is 0 Å². The Balaban J connectivity index is 0.946. The van der Waals surface area contributed by atoms with Crippen molar-refractivity contribution in [2.45, 2.75) is 83.3 Å². The zero-order chi connectivity index (χ0) is 42.9. The van der Waals surface area contributed by atoms with Crippen LogP contribution in [0.15, 0.2) is 106 Å². The third kappa shape index (κ3) is 9.23. The van der Waals surface area contributed by atoms with Crippen LogP contribution in [0, 0.1) is 5.92 Å². The summed E-state index contributed by atoms with van der Waals surface area (Å²) in [6.07, 6.45) is 6.31. The Morgan fingerprint density at radius 3 is 2.56 bits per heavy atom. The Bertz CT molecular complexity index is 2610. The summed E-state index contributed by atoms with van der Waals surface area (Å²) in [5.41, 5.74) is 7.20. The molecule has 0 spiro atoms. The van der Waals surface area contributed by atoms with Crippen LogP contribution < -0.4 is 15.8 Å². The molecule has 9 rings (SSSR count). The molecule has 0 saturated carbocycles. The predicted molar refractivity (Wildman–Crippen MR) is 246 cm³/mol. The van der Waals surface area contributed by atoms with Gasteiger partial charge in [0.25, 0.3) is 0 Å². The summed E-state index contributed by atoms with van der Waals surface area (Å²) < 4.78 is 13.2. The second-order valence-corrected chi connectivity index (χ2v) is 22.9. The Hall–Kier alpha value is -5.53. The molecule has 3 aliphatic heterocycles. The average Bonchev–Trinajstić information content (AvgIpc) is 3.65. The fourth-order valence-electron chi connectivity index (χ4n) is 8.66. The number of phenols is 1. The monoisotopic (exact) mass is 839 g/mol. The summed E-state index contributed by atoms with van der Waals surface area (Å²) in [7, 11) is -2.22. The highest BCUT2D eigenvalue weighted by molar-refractivity contribution is 6.74. The van der Waals surface area contributed by atoms with E-state index >= 15 is 0 Å². The number of piperidine rings is 3. The predicted octanol–water partition coefficient (Wildman–Crippen LogP) is 10.1. The number of carboxylic acid groups (broad SMARTS) is 1. The van der Waals surface area contributed by atoms with Gasteiger partial charge in [0.1, 0.15) is 11.3 Å². The van der Waals surface area contributed by atoms with E-state index in [-0.39, 0.29) is 28.5 Å². The molecule has 6 aromatic rings. The summed E-state index contributed by atoms with van der Waals surface area (Å²) in [5, 5.41) is 25.6. The van der Waals surface area contributed by atoms with Crippen molar-refractivity contribution < 1.29 is 23.9 Å². The van der Waals surface area contributed by atoms with E-state index in [0.717, 1.165) is 82.5 Å². The van der Waals surface area contributed by atoms with Gasteiger partial charge in [0, 0.05) is 43.1 Å². The first-order valence-corrected chi connectivity index (χ1v) is 24.4. The molecule has 3 saturated heterocycles. The molecule has 2 bridgehead atoms. The number of hydrogen-bond donors (Lipinski definition) is 4.